The molecule has 2 saturated heterocycles. The lowest BCUT2D eigenvalue weighted by Gasteiger charge is -2.52. The number of nitrogens with one attached hydrogen (secondary N) is 2. The van der Waals surface area contributed by atoms with Gasteiger partial charge in [0, 0.05) is 12.2 Å². The van der Waals surface area contributed by atoms with Crippen LogP contribution in [0, 0.1) is 11.8 Å². The summed E-state index contributed by atoms with van der Waals surface area (Å²) in [6.45, 7) is 4.79. The smallest absolute Gasteiger partial charge is 0.411 e. The molecule has 1 spiro atoms. The Kier molecular flexibility index (Phi) is 3.10. The van der Waals surface area contributed by atoms with Gasteiger partial charge in [-0.1, -0.05) is 18.5 Å². The van der Waals surface area contributed by atoms with Crippen LogP contribution in [0.5, 0.6) is 0 Å². The van der Waals surface area contributed by atoms with Gasteiger partial charge in [-0.15, -0.1) is 0 Å². The van der Waals surface area contributed by atoms with Crippen molar-refractivity contribution in [1.29, 1.82) is 0 Å². The highest BCUT2D eigenvalue weighted by Gasteiger charge is 2.59. The summed E-state index contributed by atoms with van der Waals surface area (Å²) in [4.78, 5) is 11.8. The highest BCUT2D eigenvalue weighted by molar-refractivity contribution is 6.31. The van der Waals surface area contributed by atoms with Crippen LogP contribution in [0.25, 0.3) is 0 Å². The van der Waals surface area contributed by atoms with Crippen molar-refractivity contribution in [2.75, 3.05) is 13.1 Å². The summed E-state index contributed by atoms with van der Waals surface area (Å²) < 4.78 is 20.7. The predicted octanol–water partition coefficient (Wildman–Crippen LogP) is 2.46. The number of alkyl halides is 1. The van der Waals surface area contributed by atoms with Gasteiger partial charge in [0.05, 0.1) is 11.0 Å². The molecular weight excluding hydrogens is 283 g/mol. The van der Waals surface area contributed by atoms with E-state index in [2.05, 4.69) is 17.6 Å². The number of hydrogen-bond donors (Lipinski definition) is 2. The predicted molar refractivity (Wildman–Crippen MR) is 74.0 cm³/mol. The van der Waals surface area contributed by atoms with Crippen LogP contribution in [0.3, 0.4) is 0 Å². The summed E-state index contributed by atoms with van der Waals surface area (Å²) in [5.74, 6) is -0.308. The monoisotopic (exact) mass is 300 g/mol. The van der Waals surface area contributed by atoms with Crippen molar-refractivity contribution < 1.29 is 13.9 Å². The van der Waals surface area contributed by atoms with Crippen LogP contribution >= 0.6 is 11.6 Å². The van der Waals surface area contributed by atoms with Gasteiger partial charge in [0.25, 0.3) is 0 Å². The quantitative estimate of drug-likeness (QED) is 0.722. The molecule has 3 rings (SSSR count). The summed E-state index contributed by atoms with van der Waals surface area (Å²) >= 11 is 6.06. The maximum absolute atomic E-state index is 15.2. The maximum atomic E-state index is 15.2. The van der Waals surface area contributed by atoms with Gasteiger partial charge >= 0.3 is 6.09 Å². The highest BCUT2D eigenvalue weighted by atomic mass is 35.5. The fourth-order valence-corrected chi connectivity index (χ4v) is 3.86. The molecule has 4 atom stereocenters. The van der Waals surface area contributed by atoms with Crippen molar-refractivity contribution in [3.8, 4) is 0 Å². The Morgan fingerprint density at radius 2 is 2.25 bits per heavy atom. The molecule has 0 aromatic carbocycles. The zero-order valence-electron chi connectivity index (χ0n) is 11.5. The number of amides is 1. The molecule has 0 aromatic heterocycles. The zero-order valence-corrected chi connectivity index (χ0v) is 12.3. The van der Waals surface area contributed by atoms with Crippen molar-refractivity contribution in [1.82, 2.24) is 10.6 Å². The van der Waals surface area contributed by atoms with Gasteiger partial charge in [0.2, 0.25) is 0 Å². The summed E-state index contributed by atoms with van der Waals surface area (Å²) in [6, 6.07) is 0. The van der Waals surface area contributed by atoms with Gasteiger partial charge in [0.15, 0.2) is 5.67 Å². The summed E-state index contributed by atoms with van der Waals surface area (Å²) in [5, 5.41) is 5.99. The first-order valence-electron chi connectivity index (χ1n) is 6.83. The number of alkyl carbamates (subject to hydrolysis) is 1. The van der Waals surface area contributed by atoms with Gasteiger partial charge in [-0.2, -0.15) is 0 Å². The molecule has 2 aliphatic heterocycles. The molecule has 6 heteroatoms. The lowest BCUT2D eigenvalue weighted by Crippen LogP contribution is -2.66. The maximum Gasteiger partial charge on any atom is 0.411 e. The van der Waals surface area contributed by atoms with E-state index in [9.17, 15) is 4.79 Å². The molecule has 2 heterocycles. The van der Waals surface area contributed by atoms with Gasteiger partial charge in [-0.05, 0) is 38.0 Å². The van der Waals surface area contributed by atoms with E-state index in [4.69, 9.17) is 16.3 Å². The minimum atomic E-state index is -1.75. The number of carbonyl (C=O) groups excluding carboxylic acids is 1. The first kappa shape index (κ1) is 13.9. The van der Waals surface area contributed by atoms with Gasteiger partial charge in [-0.25, -0.2) is 9.18 Å². The van der Waals surface area contributed by atoms with E-state index in [0.717, 1.165) is 6.54 Å². The highest BCUT2D eigenvalue weighted by Crippen LogP contribution is 2.50. The number of carbonyl (C=O) groups is 1. The van der Waals surface area contributed by atoms with Crippen LogP contribution in [0.1, 0.15) is 20.3 Å². The van der Waals surface area contributed by atoms with Crippen LogP contribution < -0.4 is 10.6 Å². The van der Waals surface area contributed by atoms with Crippen molar-refractivity contribution in [3.63, 3.8) is 0 Å². The molecule has 0 saturated carbocycles. The molecule has 4 unspecified atom stereocenters. The summed E-state index contributed by atoms with van der Waals surface area (Å²) in [6.07, 6.45) is 3.28. The number of piperidine rings is 1. The second kappa shape index (κ2) is 4.46. The fraction of sp³-hybridized carbons (Fsp3) is 0.643. The third-order valence-electron chi connectivity index (χ3n) is 4.41. The van der Waals surface area contributed by atoms with Gasteiger partial charge in [0.1, 0.15) is 5.60 Å². The molecule has 1 aliphatic carbocycles. The summed E-state index contributed by atoms with van der Waals surface area (Å²) in [5.41, 5.74) is -2.09. The average molecular weight is 301 g/mol. The Hall–Kier alpha value is -1.07. The van der Waals surface area contributed by atoms with Gasteiger partial charge < -0.3 is 10.1 Å². The number of hydrogen-bond acceptors (Lipinski definition) is 3. The van der Waals surface area contributed by atoms with Crippen LogP contribution in [0.15, 0.2) is 22.9 Å². The average Bonchev–Trinajstić information content (AvgIpc) is 2.32. The van der Waals surface area contributed by atoms with E-state index in [0.29, 0.717) is 24.6 Å². The minimum absolute atomic E-state index is 0.142. The third kappa shape index (κ3) is 1.95. The van der Waals surface area contributed by atoms with Crippen molar-refractivity contribution in [2.45, 2.75) is 31.5 Å². The van der Waals surface area contributed by atoms with Crippen LogP contribution in [0.2, 0.25) is 0 Å². The standard InChI is InChI=1S/C14H18ClFN2O2/c1-8-5-14(7-17-6-8)11-9(18-12(19)20-14)3-4-10(15)13(11,2)16/h3-4,8,11,17H,5-7H2,1-2H3,(H,18,19). The van der Waals surface area contributed by atoms with E-state index in [1.807, 2.05) is 0 Å². The Balaban J connectivity index is 2.07. The number of ether oxygens (including phenoxy) is 1. The molecular formula is C14H18ClFN2O2. The van der Waals surface area contributed by atoms with Crippen LogP contribution in [0.4, 0.5) is 9.18 Å². The second-order valence-corrected chi connectivity index (χ2v) is 6.57. The largest absolute Gasteiger partial charge is 0.440 e. The third-order valence-corrected chi connectivity index (χ3v) is 4.90. The normalized spacial score (nSPS) is 44.1. The number of allylic oxidation sites excluding steroid dienone is 3. The van der Waals surface area contributed by atoms with E-state index < -0.39 is 23.3 Å². The Bertz CT molecular complexity index is 517. The molecule has 1 amide bonds. The molecule has 0 radical (unpaired) electrons. The Labute approximate surface area is 122 Å². The summed E-state index contributed by atoms with van der Waals surface area (Å²) in [7, 11) is 0. The molecule has 0 bridgehead atoms. The lowest BCUT2D eigenvalue weighted by molar-refractivity contribution is -0.100. The SMILES string of the molecule is CC1CNCC2(C1)OC(=O)NC1=CC=C(Cl)C(C)(F)C12. The topological polar surface area (TPSA) is 50.4 Å². The number of fused-ring (bicyclic) bond motifs is 2. The van der Waals surface area contributed by atoms with Crippen molar-refractivity contribution in [3.05, 3.63) is 22.9 Å². The lowest BCUT2D eigenvalue weighted by atomic mass is 9.67. The van der Waals surface area contributed by atoms with Crippen molar-refractivity contribution >= 4 is 17.7 Å². The molecule has 110 valence electrons. The van der Waals surface area contributed by atoms with Crippen LogP contribution in [-0.2, 0) is 4.74 Å². The first-order valence-corrected chi connectivity index (χ1v) is 7.20. The number of rotatable bonds is 0. The zero-order chi connectivity index (χ0) is 14.5. The molecule has 2 N–H and O–H groups in total. The van der Waals surface area contributed by atoms with Crippen LogP contribution in [-0.4, -0.2) is 30.5 Å². The Morgan fingerprint density at radius 3 is 2.95 bits per heavy atom. The van der Waals surface area contributed by atoms with Crippen molar-refractivity contribution in [2.24, 2.45) is 11.8 Å². The fourth-order valence-electron chi connectivity index (χ4n) is 3.69. The van der Waals surface area contributed by atoms with E-state index >= 15 is 4.39 Å². The van der Waals surface area contributed by atoms with Gasteiger partial charge in [-0.3, -0.25) is 5.32 Å². The minimum Gasteiger partial charge on any atom is -0.440 e. The molecule has 4 nitrogen and oxygen atoms in total. The molecule has 0 aromatic rings. The first-order chi connectivity index (χ1) is 9.35. The molecule has 3 aliphatic rings. The van der Waals surface area contributed by atoms with E-state index in [1.54, 1.807) is 6.08 Å². The van der Waals surface area contributed by atoms with E-state index in [-0.39, 0.29) is 5.03 Å². The second-order valence-electron chi connectivity index (χ2n) is 6.16. The molecule has 2 fully saturated rings. The number of halogens is 2. The molecule has 20 heavy (non-hydrogen) atoms. The van der Waals surface area contributed by atoms with E-state index in [1.165, 1.54) is 13.0 Å². The Morgan fingerprint density at radius 1 is 1.50 bits per heavy atom.